The number of rotatable bonds is 3. The molecule has 0 radical (unpaired) electrons. The lowest BCUT2D eigenvalue weighted by molar-refractivity contribution is 0.415. The van der Waals surface area contributed by atoms with E-state index in [1.807, 2.05) is 0 Å². The Balaban J connectivity index is 2.15. The van der Waals surface area contributed by atoms with Crippen LogP contribution in [-0.2, 0) is 0 Å². The molecule has 0 saturated carbocycles. The zero-order valence-corrected chi connectivity index (χ0v) is 18.4. The minimum absolute atomic E-state index is 0.0737. The van der Waals surface area contributed by atoms with Gasteiger partial charge in [0.25, 0.3) is 0 Å². The fraction of sp³-hybridized carbons (Fsp3) is 0.0370. The van der Waals surface area contributed by atoms with Gasteiger partial charge >= 0.3 is 0 Å². The predicted octanol–water partition coefficient (Wildman–Crippen LogP) is 8.59. The maximum Gasteiger partial charge on any atom is 0.198 e. The Morgan fingerprint density at radius 3 is 1.57 bits per heavy atom. The number of halogens is 9. The molecule has 0 aliphatic rings. The van der Waals surface area contributed by atoms with Crippen LogP contribution >= 0.6 is 0 Å². The lowest BCUT2D eigenvalue weighted by Crippen LogP contribution is -2.05. The highest BCUT2D eigenvalue weighted by Crippen LogP contribution is 2.48. The Bertz CT molecular complexity index is 1720. The smallest absolute Gasteiger partial charge is 0.198 e. The van der Waals surface area contributed by atoms with Gasteiger partial charge in [-0.05, 0) is 40.6 Å². The van der Waals surface area contributed by atoms with Gasteiger partial charge in [0, 0.05) is 28.0 Å². The molecule has 0 N–H and O–H groups in total. The molecule has 10 heteroatoms. The Kier molecular flexibility index (Phi) is 5.77. The molecule has 0 unspecified atom stereocenters. The third-order valence-electron chi connectivity index (χ3n) is 6.03. The lowest BCUT2D eigenvalue weighted by atomic mass is 9.84. The molecule has 0 aliphatic carbocycles. The molecule has 0 spiro atoms. The van der Waals surface area contributed by atoms with Crippen molar-refractivity contribution < 1.29 is 44.3 Å². The van der Waals surface area contributed by atoms with E-state index >= 15 is 8.78 Å². The molecule has 1 nitrogen and oxygen atoms in total. The van der Waals surface area contributed by atoms with Crippen LogP contribution in [0.4, 0.5) is 39.5 Å². The second-order valence-electron chi connectivity index (χ2n) is 8.02. The van der Waals surface area contributed by atoms with Crippen LogP contribution in [0.15, 0.2) is 48.5 Å². The van der Waals surface area contributed by atoms with Crippen LogP contribution in [0.5, 0.6) is 5.75 Å². The summed E-state index contributed by atoms with van der Waals surface area (Å²) in [5.41, 5.74) is -2.89. The van der Waals surface area contributed by atoms with E-state index < -0.39 is 79.6 Å². The normalized spacial score (nSPS) is 11.5. The van der Waals surface area contributed by atoms with Crippen LogP contribution < -0.4 is 4.74 Å². The van der Waals surface area contributed by atoms with Crippen molar-refractivity contribution in [2.24, 2.45) is 0 Å². The van der Waals surface area contributed by atoms with Gasteiger partial charge < -0.3 is 4.74 Å². The minimum Gasteiger partial charge on any atom is -0.497 e. The van der Waals surface area contributed by atoms with Gasteiger partial charge in [-0.15, -0.1) is 0 Å². The third kappa shape index (κ3) is 3.58. The summed E-state index contributed by atoms with van der Waals surface area (Å²) in [6, 6.07) is 7.92. The van der Waals surface area contributed by atoms with E-state index in [4.69, 9.17) is 4.74 Å². The fourth-order valence-electron chi connectivity index (χ4n) is 4.42. The molecule has 0 aromatic heterocycles. The Morgan fingerprint density at radius 2 is 1.03 bits per heavy atom. The van der Waals surface area contributed by atoms with E-state index in [-0.39, 0.29) is 22.6 Å². The van der Waals surface area contributed by atoms with Gasteiger partial charge in [-0.1, -0.05) is 18.2 Å². The molecule has 0 saturated heterocycles. The quantitative estimate of drug-likeness (QED) is 0.0998. The topological polar surface area (TPSA) is 9.23 Å². The average Bonchev–Trinajstić information content (AvgIpc) is 2.89. The molecule has 5 rings (SSSR count). The zero-order valence-electron chi connectivity index (χ0n) is 18.4. The molecule has 5 aromatic rings. The highest BCUT2D eigenvalue weighted by atomic mass is 19.2. The maximum atomic E-state index is 15.4. The van der Waals surface area contributed by atoms with Crippen LogP contribution in [-0.4, -0.2) is 7.11 Å². The second-order valence-corrected chi connectivity index (χ2v) is 8.02. The van der Waals surface area contributed by atoms with E-state index in [0.29, 0.717) is 11.8 Å². The maximum absolute atomic E-state index is 15.4. The highest BCUT2D eigenvalue weighted by Gasteiger charge is 2.32. The number of methoxy groups -OCH3 is 1. The number of hydrogen-bond acceptors (Lipinski definition) is 1. The monoisotopic (exact) mass is 522 g/mol. The number of fused-ring (bicyclic) bond motifs is 2. The molecule has 0 heterocycles. The van der Waals surface area contributed by atoms with Crippen molar-refractivity contribution >= 4 is 21.5 Å². The van der Waals surface area contributed by atoms with E-state index in [1.165, 1.54) is 31.4 Å². The first-order chi connectivity index (χ1) is 17.6. The lowest BCUT2D eigenvalue weighted by Gasteiger charge is -2.20. The van der Waals surface area contributed by atoms with Gasteiger partial charge in [0.2, 0.25) is 0 Å². The predicted molar refractivity (Wildman–Crippen MR) is 119 cm³/mol. The minimum atomic E-state index is -2.35. The number of hydrogen-bond donors (Lipinski definition) is 0. The Morgan fingerprint density at radius 1 is 0.486 bits per heavy atom. The van der Waals surface area contributed by atoms with Crippen molar-refractivity contribution in [2.75, 3.05) is 7.11 Å². The van der Waals surface area contributed by atoms with Crippen molar-refractivity contribution in [2.45, 2.75) is 0 Å². The Hall–Kier alpha value is -4.21. The van der Waals surface area contributed by atoms with Gasteiger partial charge in [0.1, 0.15) is 11.6 Å². The summed E-state index contributed by atoms with van der Waals surface area (Å²) in [5, 5.41) is -2.99. The van der Waals surface area contributed by atoms with Gasteiger partial charge in [-0.3, -0.25) is 0 Å². The van der Waals surface area contributed by atoms with Gasteiger partial charge in [-0.25, -0.2) is 39.5 Å². The molecule has 0 aliphatic heterocycles. The summed E-state index contributed by atoms with van der Waals surface area (Å²) in [5.74, 6) is -17.2. The zero-order chi connectivity index (χ0) is 26.8. The van der Waals surface area contributed by atoms with Crippen molar-refractivity contribution in [3.63, 3.8) is 0 Å². The van der Waals surface area contributed by atoms with Crippen LogP contribution in [0.25, 0.3) is 43.8 Å². The van der Waals surface area contributed by atoms with Gasteiger partial charge in [0.05, 0.1) is 12.7 Å². The summed E-state index contributed by atoms with van der Waals surface area (Å²) >= 11 is 0. The van der Waals surface area contributed by atoms with Crippen molar-refractivity contribution in [3.05, 3.63) is 101 Å². The largest absolute Gasteiger partial charge is 0.497 e. The molecule has 0 atom stereocenters. The Labute approximate surface area is 202 Å². The van der Waals surface area contributed by atoms with E-state index in [1.54, 1.807) is 0 Å². The first-order valence-electron chi connectivity index (χ1n) is 10.4. The standard InChI is InChI=1S/C27H11F9O/c1-37-12-5-2-10(3-6-12)17-13-7-4-11(28)8-14(13)18(21-22(31)15(29)9-16(30)23(21)32)20-19(17)24(33)26(35)27(36)25(20)34/h2-9H,1H3. The van der Waals surface area contributed by atoms with Crippen molar-refractivity contribution in [3.8, 4) is 28.0 Å². The fourth-order valence-corrected chi connectivity index (χ4v) is 4.42. The first-order valence-corrected chi connectivity index (χ1v) is 10.4. The van der Waals surface area contributed by atoms with Crippen LogP contribution in [0, 0.1) is 52.4 Å². The summed E-state index contributed by atoms with van der Waals surface area (Å²) in [6.45, 7) is 0. The van der Waals surface area contributed by atoms with Gasteiger partial charge in [-0.2, -0.15) is 0 Å². The second kappa shape index (κ2) is 8.72. The number of benzene rings is 5. The molecule has 0 amide bonds. The van der Waals surface area contributed by atoms with E-state index in [9.17, 15) is 30.7 Å². The van der Waals surface area contributed by atoms with Crippen molar-refractivity contribution in [1.82, 2.24) is 0 Å². The van der Waals surface area contributed by atoms with Crippen molar-refractivity contribution in [1.29, 1.82) is 0 Å². The summed E-state index contributed by atoms with van der Waals surface area (Å²) in [4.78, 5) is 0. The molecular formula is C27H11F9O. The van der Waals surface area contributed by atoms with Crippen LogP contribution in [0.3, 0.4) is 0 Å². The summed E-state index contributed by atoms with van der Waals surface area (Å²) < 4.78 is 137. The van der Waals surface area contributed by atoms with Crippen LogP contribution in [0.2, 0.25) is 0 Å². The SMILES string of the molecule is COc1ccc(-c2c3ccc(F)cc3c(-c3c(F)c(F)cc(F)c3F)c3c(F)c(F)c(F)c(F)c23)cc1. The number of ether oxygens (including phenoxy) is 1. The van der Waals surface area contributed by atoms with Crippen LogP contribution in [0.1, 0.15) is 0 Å². The highest BCUT2D eigenvalue weighted by molar-refractivity contribution is 6.21. The summed E-state index contributed by atoms with van der Waals surface area (Å²) in [6.07, 6.45) is 0. The van der Waals surface area contributed by atoms with E-state index in [0.717, 1.165) is 12.1 Å². The third-order valence-corrected chi connectivity index (χ3v) is 6.03. The molecule has 5 aromatic carbocycles. The average molecular weight is 522 g/mol. The van der Waals surface area contributed by atoms with E-state index in [2.05, 4.69) is 0 Å². The van der Waals surface area contributed by atoms with Gasteiger partial charge in [0.15, 0.2) is 46.5 Å². The first kappa shape index (κ1) is 24.5. The molecular weight excluding hydrogens is 511 g/mol. The molecule has 0 fully saturated rings. The summed E-state index contributed by atoms with van der Waals surface area (Å²) in [7, 11) is 1.35. The molecule has 0 bridgehead atoms. The molecule has 188 valence electrons. The molecule has 37 heavy (non-hydrogen) atoms.